The summed E-state index contributed by atoms with van der Waals surface area (Å²) in [5.74, 6) is 2.24. The van der Waals surface area contributed by atoms with E-state index in [1.807, 2.05) is 28.9 Å². The molecule has 2 aliphatic rings. The third-order valence-corrected chi connectivity index (χ3v) is 4.50. The van der Waals surface area contributed by atoms with Crippen molar-refractivity contribution in [3.05, 3.63) is 23.8 Å². The highest BCUT2D eigenvalue weighted by Gasteiger charge is 2.37. The van der Waals surface area contributed by atoms with Crippen molar-refractivity contribution < 1.29 is 4.79 Å². The third kappa shape index (κ3) is 1.79. The maximum atomic E-state index is 11.1. The number of hydrogen-bond donors (Lipinski definition) is 0. The Morgan fingerprint density at radius 1 is 1.85 bits per heavy atom. The molecule has 0 aliphatic carbocycles. The van der Waals surface area contributed by atoms with Crippen LogP contribution >= 0.6 is 23.5 Å². The lowest BCUT2D eigenvalue weighted by Crippen LogP contribution is -2.48. The van der Waals surface area contributed by atoms with E-state index in [1.165, 1.54) is 4.91 Å². The molecule has 2 aliphatic heterocycles. The Hall–Kier alpha value is -0.350. The highest BCUT2D eigenvalue weighted by atomic mass is 32.2. The van der Waals surface area contributed by atoms with Crippen LogP contribution in [0.5, 0.6) is 0 Å². The van der Waals surface area contributed by atoms with Crippen molar-refractivity contribution >= 4 is 29.4 Å². The number of carbonyl (C=O) groups is 1. The van der Waals surface area contributed by atoms with E-state index in [1.54, 1.807) is 11.8 Å². The van der Waals surface area contributed by atoms with Crippen molar-refractivity contribution in [3.8, 4) is 0 Å². The first kappa shape index (κ1) is 9.21. The van der Waals surface area contributed by atoms with Gasteiger partial charge in [0.1, 0.15) is 0 Å². The van der Waals surface area contributed by atoms with Crippen LogP contribution in [0, 0.1) is 0 Å². The highest BCUT2D eigenvalue weighted by Crippen LogP contribution is 2.38. The van der Waals surface area contributed by atoms with E-state index in [2.05, 4.69) is 6.58 Å². The molecule has 2 rings (SSSR count). The molecule has 70 valence electrons. The van der Waals surface area contributed by atoms with Crippen LogP contribution in [0.4, 0.5) is 0 Å². The van der Waals surface area contributed by atoms with Gasteiger partial charge in [0.05, 0.1) is 11.8 Å². The lowest BCUT2D eigenvalue weighted by Gasteiger charge is -2.40. The van der Waals surface area contributed by atoms with E-state index in [9.17, 15) is 4.79 Å². The summed E-state index contributed by atoms with van der Waals surface area (Å²) in [4.78, 5) is 14.3. The fourth-order valence-electron chi connectivity index (χ4n) is 1.31. The Labute approximate surface area is 86.4 Å². The first-order chi connectivity index (χ1) is 6.31. The molecule has 2 heterocycles. The van der Waals surface area contributed by atoms with Crippen molar-refractivity contribution in [3.63, 3.8) is 0 Å². The van der Waals surface area contributed by atoms with Crippen molar-refractivity contribution in [2.75, 3.05) is 11.5 Å². The first-order valence-electron chi connectivity index (χ1n) is 4.18. The maximum Gasteiger partial charge on any atom is 0.230 e. The quantitative estimate of drug-likeness (QED) is 0.528. The van der Waals surface area contributed by atoms with Gasteiger partial charge in [0.15, 0.2) is 0 Å². The predicted molar refractivity (Wildman–Crippen MR) is 58.4 cm³/mol. The van der Waals surface area contributed by atoms with Crippen LogP contribution in [-0.4, -0.2) is 27.7 Å². The Balaban J connectivity index is 1.97. The monoisotopic (exact) mass is 213 g/mol. The Kier molecular flexibility index (Phi) is 2.69. The zero-order valence-corrected chi connectivity index (χ0v) is 8.87. The Morgan fingerprint density at radius 2 is 2.69 bits per heavy atom. The second-order valence-electron chi connectivity index (χ2n) is 2.97. The van der Waals surface area contributed by atoms with Gasteiger partial charge >= 0.3 is 0 Å². The lowest BCUT2D eigenvalue weighted by atomic mass is 10.2. The Bertz CT molecular complexity index is 275. The van der Waals surface area contributed by atoms with Crippen LogP contribution < -0.4 is 0 Å². The number of thioether (sulfide) groups is 2. The standard InChI is InChI=1S/C9H11NOS2/c1-2-3-12-7-5-10-8(11)4-9(10)13-6-7/h2,5,9H,1,3-4,6H2/t9-/m1/s1. The average molecular weight is 213 g/mol. The summed E-state index contributed by atoms with van der Waals surface area (Å²) in [6, 6.07) is 0. The van der Waals surface area contributed by atoms with Gasteiger partial charge in [-0.3, -0.25) is 4.79 Å². The molecule has 2 nitrogen and oxygen atoms in total. The molecule has 0 aromatic carbocycles. The molecule has 1 atom stereocenters. The molecule has 0 spiro atoms. The third-order valence-electron chi connectivity index (χ3n) is 2.04. The smallest absolute Gasteiger partial charge is 0.230 e. The van der Waals surface area contributed by atoms with Crippen LogP contribution in [0.2, 0.25) is 0 Å². The van der Waals surface area contributed by atoms with E-state index < -0.39 is 0 Å². The van der Waals surface area contributed by atoms with Crippen molar-refractivity contribution in [2.24, 2.45) is 0 Å². The van der Waals surface area contributed by atoms with Gasteiger partial charge in [-0.15, -0.1) is 30.1 Å². The van der Waals surface area contributed by atoms with Gasteiger partial charge in [0, 0.05) is 22.6 Å². The number of hydrogen-bond acceptors (Lipinski definition) is 3. The SMILES string of the molecule is C=CCSC1=CN2C(=O)C[C@H]2SC1. The molecule has 1 amide bonds. The van der Waals surface area contributed by atoms with Crippen molar-refractivity contribution in [1.29, 1.82) is 0 Å². The summed E-state index contributed by atoms with van der Waals surface area (Å²) in [5, 5.41) is 0.431. The van der Waals surface area contributed by atoms with E-state index in [-0.39, 0.29) is 5.91 Å². The molecule has 13 heavy (non-hydrogen) atoms. The molecule has 0 aromatic rings. The van der Waals surface area contributed by atoms with Crippen LogP contribution in [-0.2, 0) is 4.79 Å². The second-order valence-corrected chi connectivity index (χ2v) is 5.28. The molecule has 0 N–H and O–H groups in total. The number of fused-ring (bicyclic) bond motifs is 1. The summed E-state index contributed by atoms with van der Waals surface area (Å²) in [6.07, 6.45) is 4.61. The molecule has 0 radical (unpaired) electrons. The van der Waals surface area contributed by atoms with Gasteiger partial charge in [0.25, 0.3) is 0 Å². The minimum atomic E-state index is 0.258. The molecular weight excluding hydrogens is 202 g/mol. The number of amides is 1. The minimum absolute atomic E-state index is 0.258. The highest BCUT2D eigenvalue weighted by molar-refractivity contribution is 8.06. The lowest BCUT2D eigenvalue weighted by molar-refractivity contribution is -0.137. The summed E-state index contributed by atoms with van der Waals surface area (Å²) in [6.45, 7) is 3.67. The van der Waals surface area contributed by atoms with Gasteiger partial charge in [-0.05, 0) is 0 Å². The molecule has 0 bridgehead atoms. The zero-order valence-electron chi connectivity index (χ0n) is 7.23. The second kappa shape index (κ2) is 3.80. The van der Waals surface area contributed by atoms with Gasteiger partial charge in [-0.1, -0.05) is 6.08 Å². The van der Waals surface area contributed by atoms with Gasteiger partial charge in [0.2, 0.25) is 5.91 Å². The maximum absolute atomic E-state index is 11.1. The number of carbonyl (C=O) groups excluding carboxylic acids is 1. The van der Waals surface area contributed by atoms with Crippen LogP contribution in [0.1, 0.15) is 6.42 Å². The van der Waals surface area contributed by atoms with Crippen molar-refractivity contribution in [1.82, 2.24) is 4.90 Å². The fourth-order valence-corrected chi connectivity index (χ4v) is 3.40. The van der Waals surface area contributed by atoms with Gasteiger partial charge in [-0.2, -0.15) is 0 Å². The normalized spacial score (nSPS) is 26.2. The molecule has 0 unspecified atom stereocenters. The largest absolute Gasteiger partial charge is 0.305 e. The Morgan fingerprint density at radius 3 is 3.38 bits per heavy atom. The van der Waals surface area contributed by atoms with Crippen molar-refractivity contribution in [2.45, 2.75) is 11.8 Å². The molecule has 1 saturated heterocycles. The molecule has 0 saturated carbocycles. The molecular formula is C9H11NOS2. The predicted octanol–water partition coefficient (Wildman–Crippen LogP) is 2.05. The summed E-state index contributed by atoms with van der Waals surface area (Å²) >= 11 is 3.62. The van der Waals surface area contributed by atoms with E-state index in [0.717, 1.165) is 17.9 Å². The van der Waals surface area contributed by atoms with Gasteiger partial charge in [-0.25, -0.2) is 0 Å². The van der Waals surface area contributed by atoms with E-state index >= 15 is 0 Å². The van der Waals surface area contributed by atoms with E-state index in [0.29, 0.717) is 5.37 Å². The number of nitrogens with zero attached hydrogens (tertiary/aromatic N) is 1. The molecule has 4 heteroatoms. The van der Waals surface area contributed by atoms with Crippen LogP contribution in [0.15, 0.2) is 23.8 Å². The first-order valence-corrected chi connectivity index (χ1v) is 6.22. The van der Waals surface area contributed by atoms with Crippen LogP contribution in [0.3, 0.4) is 0 Å². The number of rotatable bonds is 3. The minimum Gasteiger partial charge on any atom is -0.305 e. The summed E-state index contributed by atoms with van der Waals surface area (Å²) in [5.41, 5.74) is 0. The fraction of sp³-hybridized carbons (Fsp3) is 0.444. The number of β-lactam (4-membered cyclic amide) rings is 1. The summed E-state index contributed by atoms with van der Waals surface area (Å²) < 4.78 is 0. The topological polar surface area (TPSA) is 20.3 Å². The summed E-state index contributed by atoms with van der Waals surface area (Å²) in [7, 11) is 0. The zero-order chi connectivity index (χ0) is 9.26. The van der Waals surface area contributed by atoms with Crippen LogP contribution in [0.25, 0.3) is 0 Å². The molecule has 0 aromatic heterocycles. The molecule has 1 fully saturated rings. The average Bonchev–Trinajstić information content (AvgIpc) is 2.14. The van der Waals surface area contributed by atoms with E-state index in [4.69, 9.17) is 0 Å². The van der Waals surface area contributed by atoms with Gasteiger partial charge < -0.3 is 4.90 Å².